The number of para-hydroxylation sites is 2. The summed E-state index contributed by atoms with van der Waals surface area (Å²) < 4.78 is 1.92. The maximum absolute atomic E-state index is 10.1. The monoisotopic (exact) mass is 242 g/mol. The second kappa shape index (κ2) is 3.60. The first-order chi connectivity index (χ1) is 8.59. The molecule has 1 aromatic heterocycles. The van der Waals surface area contributed by atoms with Gasteiger partial charge in [-0.1, -0.05) is 12.1 Å². The number of nitrogens with zero attached hydrogens (tertiary/aromatic N) is 3. The summed E-state index contributed by atoms with van der Waals surface area (Å²) in [4.78, 5) is 8.67. The van der Waals surface area contributed by atoms with Crippen LogP contribution in [0.15, 0.2) is 35.0 Å². The predicted molar refractivity (Wildman–Crippen MR) is 71.3 cm³/mol. The van der Waals surface area contributed by atoms with Crippen LogP contribution in [0.3, 0.4) is 0 Å². The van der Waals surface area contributed by atoms with Crippen molar-refractivity contribution in [3.8, 4) is 0 Å². The highest BCUT2D eigenvalue weighted by atomic mass is 16.3. The van der Waals surface area contributed by atoms with E-state index in [0.717, 1.165) is 11.0 Å². The molecule has 1 aromatic carbocycles. The van der Waals surface area contributed by atoms with E-state index >= 15 is 0 Å². The van der Waals surface area contributed by atoms with E-state index < -0.39 is 0 Å². The number of fused-ring (bicyclic) bond motifs is 1. The topological polar surface area (TPSA) is 76.4 Å². The normalized spacial score (nSPS) is 19.7. The van der Waals surface area contributed by atoms with Crippen LogP contribution in [0.5, 0.6) is 0 Å². The molecule has 0 saturated heterocycles. The van der Waals surface area contributed by atoms with Crippen LogP contribution in [0.1, 0.15) is 12.7 Å². The molecule has 1 atom stereocenters. The number of aryl methyl sites for hydroxylation is 1. The second-order valence-electron chi connectivity index (χ2n) is 4.43. The van der Waals surface area contributed by atoms with Crippen LogP contribution in [0.25, 0.3) is 16.6 Å². The lowest BCUT2D eigenvalue weighted by atomic mass is 10.2. The van der Waals surface area contributed by atoms with Crippen LogP contribution in [-0.2, 0) is 7.05 Å². The van der Waals surface area contributed by atoms with E-state index in [0.29, 0.717) is 17.2 Å². The molecule has 2 aromatic rings. The number of aliphatic hydroxyl groups is 1. The van der Waals surface area contributed by atoms with Gasteiger partial charge in [-0.25, -0.2) is 4.98 Å². The van der Waals surface area contributed by atoms with Crippen LogP contribution >= 0.6 is 0 Å². The molecule has 0 fully saturated rings. The molecular formula is C13H14N4O. The predicted octanol–water partition coefficient (Wildman–Crippen LogP) is 1.60. The van der Waals surface area contributed by atoms with Crippen molar-refractivity contribution in [1.82, 2.24) is 9.55 Å². The molecule has 5 nitrogen and oxygen atoms in total. The molecule has 3 N–H and O–H groups in total. The smallest absolute Gasteiger partial charge is 0.148 e. The summed E-state index contributed by atoms with van der Waals surface area (Å²) in [5, 5.41) is 10.1. The van der Waals surface area contributed by atoms with Crippen molar-refractivity contribution in [3.05, 3.63) is 35.8 Å². The van der Waals surface area contributed by atoms with E-state index in [9.17, 15) is 5.11 Å². The number of aliphatic hydroxyl groups excluding tert-OH is 1. The minimum atomic E-state index is -0.292. The van der Waals surface area contributed by atoms with Crippen molar-refractivity contribution < 1.29 is 5.11 Å². The number of hydrogen-bond acceptors (Lipinski definition) is 4. The molecule has 0 saturated carbocycles. The quantitative estimate of drug-likeness (QED) is 0.797. The van der Waals surface area contributed by atoms with Gasteiger partial charge in [0.25, 0.3) is 0 Å². The Balaban J connectivity index is 2.28. The van der Waals surface area contributed by atoms with Crippen molar-refractivity contribution in [2.24, 2.45) is 17.8 Å². The summed E-state index contributed by atoms with van der Waals surface area (Å²) in [5.41, 5.74) is 8.28. The molecule has 18 heavy (non-hydrogen) atoms. The molecule has 0 radical (unpaired) electrons. The number of benzene rings is 1. The van der Waals surface area contributed by atoms with Gasteiger partial charge in [0.15, 0.2) is 0 Å². The van der Waals surface area contributed by atoms with Gasteiger partial charge >= 0.3 is 0 Å². The Hall–Kier alpha value is -2.30. The molecule has 1 aliphatic heterocycles. The third-order valence-corrected chi connectivity index (χ3v) is 3.25. The first-order valence-corrected chi connectivity index (χ1v) is 5.78. The third-order valence-electron chi connectivity index (χ3n) is 3.25. The maximum Gasteiger partial charge on any atom is 0.148 e. The number of nitrogens with two attached hydrogens (primary N) is 1. The Kier molecular flexibility index (Phi) is 2.16. The fourth-order valence-corrected chi connectivity index (χ4v) is 2.27. The van der Waals surface area contributed by atoms with E-state index in [1.54, 1.807) is 6.92 Å². The average molecular weight is 242 g/mol. The summed E-state index contributed by atoms with van der Waals surface area (Å²) >= 11 is 0. The lowest BCUT2D eigenvalue weighted by Gasteiger charge is -2.04. The highest BCUT2D eigenvalue weighted by molar-refractivity contribution is 6.23. The van der Waals surface area contributed by atoms with Gasteiger partial charge in [-0.2, -0.15) is 0 Å². The van der Waals surface area contributed by atoms with Crippen LogP contribution in [0, 0.1) is 0 Å². The van der Waals surface area contributed by atoms with Gasteiger partial charge in [0.2, 0.25) is 0 Å². The number of rotatable bonds is 1. The average Bonchev–Trinajstić information content (AvgIpc) is 2.79. The van der Waals surface area contributed by atoms with Crippen LogP contribution < -0.4 is 5.73 Å². The van der Waals surface area contributed by atoms with E-state index in [4.69, 9.17) is 5.73 Å². The fraction of sp³-hybridized carbons (Fsp3) is 0.231. The van der Waals surface area contributed by atoms with Crippen molar-refractivity contribution in [2.75, 3.05) is 0 Å². The van der Waals surface area contributed by atoms with Crippen molar-refractivity contribution >= 4 is 22.4 Å². The molecule has 92 valence electrons. The van der Waals surface area contributed by atoms with Crippen LogP contribution in [0.4, 0.5) is 0 Å². The third kappa shape index (κ3) is 1.33. The van der Waals surface area contributed by atoms with Gasteiger partial charge in [-0.05, 0) is 19.1 Å². The van der Waals surface area contributed by atoms with Crippen LogP contribution in [-0.4, -0.2) is 26.5 Å². The van der Waals surface area contributed by atoms with E-state index in [2.05, 4.69) is 9.98 Å². The first-order valence-electron chi connectivity index (χ1n) is 5.78. The standard InChI is InChI=1S/C13H14N4O/c1-7-11(18)10(12(14)15-7)13-16-8-5-3-4-6-9(8)17(13)2/h3-7,18H,1-2H3,(H2,14,15)/t7-/m0/s1. The summed E-state index contributed by atoms with van der Waals surface area (Å²) in [6, 6.07) is 7.51. The SMILES string of the molecule is C[C@@H]1N=C(N)C(c2nc3ccccc3n2C)=C1O. The number of imidazole rings is 1. The lowest BCUT2D eigenvalue weighted by molar-refractivity contribution is 0.383. The summed E-state index contributed by atoms with van der Waals surface area (Å²) in [7, 11) is 1.90. The minimum Gasteiger partial charge on any atom is -0.509 e. The maximum atomic E-state index is 10.1. The van der Waals surface area contributed by atoms with Crippen molar-refractivity contribution in [1.29, 1.82) is 0 Å². The second-order valence-corrected chi connectivity index (χ2v) is 4.43. The van der Waals surface area contributed by atoms with Gasteiger partial charge in [0.05, 0.1) is 16.6 Å². The van der Waals surface area contributed by atoms with E-state index in [1.165, 1.54) is 0 Å². The molecule has 0 aliphatic carbocycles. The molecule has 0 bridgehead atoms. The Bertz CT molecular complexity index is 696. The van der Waals surface area contributed by atoms with Gasteiger partial charge in [-0.15, -0.1) is 0 Å². The molecule has 0 unspecified atom stereocenters. The molecule has 0 spiro atoms. The molecule has 2 heterocycles. The zero-order chi connectivity index (χ0) is 12.9. The fourth-order valence-electron chi connectivity index (χ4n) is 2.27. The number of aliphatic imine (C=N–C) groups is 1. The van der Waals surface area contributed by atoms with Crippen LogP contribution in [0.2, 0.25) is 0 Å². The largest absolute Gasteiger partial charge is 0.509 e. The minimum absolute atomic E-state index is 0.186. The molecule has 0 amide bonds. The van der Waals surface area contributed by atoms with Gasteiger partial charge < -0.3 is 15.4 Å². The molecule has 1 aliphatic rings. The van der Waals surface area contributed by atoms with Gasteiger partial charge in [-0.3, -0.25) is 4.99 Å². The van der Waals surface area contributed by atoms with Gasteiger partial charge in [0.1, 0.15) is 23.5 Å². The first kappa shape index (κ1) is 10.8. The molecule has 5 heteroatoms. The highest BCUT2D eigenvalue weighted by Crippen LogP contribution is 2.28. The van der Waals surface area contributed by atoms with Crippen molar-refractivity contribution in [3.63, 3.8) is 0 Å². The number of amidine groups is 1. The summed E-state index contributed by atoms with van der Waals surface area (Å²) in [6.07, 6.45) is 0. The molecule has 3 rings (SSSR count). The number of aromatic nitrogens is 2. The Morgan fingerprint density at radius 2 is 2.06 bits per heavy atom. The van der Waals surface area contributed by atoms with Gasteiger partial charge in [0, 0.05) is 7.05 Å². The zero-order valence-corrected chi connectivity index (χ0v) is 10.3. The van der Waals surface area contributed by atoms with Crippen molar-refractivity contribution in [2.45, 2.75) is 13.0 Å². The summed E-state index contributed by atoms with van der Waals surface area (Å²) in [5.74, 6) is 1.18. The Labute approximate surface area is 104 Å². The molecular weight excluding hydrogens is 228 g/mol. The van der Waals surface area contributed by atoms with E-state index in [-0.39, 0.29) is 11.8 Å². The Morgan fingerprint density at radius 1 is 1.33 bits per heavy atom. The van der Waals surface area contributed by atoms with E-state index in [1.807, 2.05) is 35.9 Å². The Morgan fingerprint density at radius 3 is 2.67 bits per heavy atom. The zero-order valence-electron chi connectivity index (χ0n) is 10.3. The number of hydrogen-bond donors (Lipinski definition) is 2. The lowest BCUT2D eigenvalue weighted by Crippen LogP contribution is -2.14. The summed E-state index contributed by atoms with van der Waals surface area (Å²) in [6.45, 7) is 1.80. The highest BCUT2D eigenvalue weighted by Gasteiger charge is 2.27.